The van der Waals surface area contributed by atoms with Crippen molar-refractivity contribution < 1.29 is 98.1 Å². The minimum atomic E-state index is -2.30. The van der Waals surface area contributed by atoms with E-state index in [0.717, 1.165) is 70.9 Å². The lowest BCUT2D eigenvalue weighted by atomic mass is 9.96. The lowest BCUT2D eigenvalue weighted by Crippen LogP contribution is -2.64. The smallest absolute Gasteiger partial charge is 0.251 e. The van der Waals surface area contributed by atoms with Crippen LogP contribution < -0.4 is 36.6 Å². The van der Waals surface area contributed by atoms with Gasteiger partial charge in [0.15, 0.2) is 0 Å². The molecule has 3 fully saturated rings. The number of nitrogens with one attached hydrogen (secondary N) is 6. The molecule has 0 radical (unpaired) electrons. The summed E-state index contributed by atoms with van der Waals surface area (Å²) in [5, 5.41) is 106. The van der Waals surface area contributed by atoms with Gasteiger partial charge in [-0.3, -0.25) is 38.9 Å². The Morgan fingerprint density at radius 2 is 1.13 bits per heavy atom. The summed E-state index contributed by atoms with van der Waals surface area (Å²) >= 11 is 0. The molecule has 7 amide bonds. The first-order chi connectivity index (χ1) is 45.5. The number of benzene rings is 4. The van der Waals surface area contributed by atoms with Crippen molar-refractivity contribution in [2.75, 3.05) is 79.6 Å². The van der Waals surface area contributed by atoms with Crippen LogP contribution >= 0.6 is 0 Å². The summed E-state index contributed by atoms with van der Waals surface area (Å²) in [5.74, 6) is -8.32. The van der Waals surface area contributed by atoms with E-state index in [1.807, 2.05) is 48.5 Å². The fourth-order valence-corrected chi connectivity index (χ4v) is 11.4. The Kier molecular flexibility index (Phi) is 28.6. The number of unbranched alkanes of at least 4 members (excludes halogenated alkanes) is 2. The summed E-state index contributed by atoms with van der Waals surface area (Å²) in [5.41, 5.74) is 3.43. The minimum Gasteiger partial charge on any atom is -0.508 e. The Morgan fingerprint density at radius 1 is 0.600 bits per heavy atom. The molecule has 0 aliphatic carbocycles. The molecule has 15 atom stereocenters. The fraction of sp³-hybridized carbons (Fsp3) is 0.537. The predicted molar refractivity (Wildman–Crippen MR) is 344 cm³/mol. The van der Waals surface area contributed by atoms with Gasteiger partial charge in [-0.2, -0.15) is 0 Å². The van der Waals surface area contributed by atoms with Crippen LogP contribution in [0.4, 0.5) is 0 Å². The van der Waals surface area contributed by atoms with E-state index in [9.17, 15) is 74.4 Å². The highest BCUT2D eigenvalue weighted by Crippen LogP contribution is 2.30. The summed E-state index contributed by atoms with van der Waals surface area (Å²) in [7, 11) is 1.55. The lowest BCUT2D eigenvalue weighted by molar-refractivity contribution is -0.148. The molecular formula is C67H92N8O20. The van der Waals surface area contributed by atoms with Crippen molar-refractivity contribution in [3.63, 3.8) is 0 Å². The van der Waals surface area contributed by atoms with Gasteiger partial charge >= 0.3 is 0 Å². The van der Waals surface area contributed by atoms with Crippen LogP contribution in [0.5, 0.6) is 11.5 Å². The molecule has 3 aliphatic heterocycles. The van der Waals surface area contributed by atoms with Crippen LogP contribution in [-0.4, -0.2) is 251 Å². The third-order valence-corrected chi connectivity index (χ3v) is 16.9. The highest BCUT2D eigenvalue weighted by atomic mass is 16.6. The van der Waals surface area contributed by atoms with Gasteiger partial charge in [-0.05, 0) is 84.5 Å². The number of carbonyl (C=O) groups is 7. The molecule has 3 aliphatic rings. The highest BCUT2D eigenvalue weighted by molar-refractivity contribution is 6.00. The van der Waals surface area contributed by atoms with Gasteiger partial charge in [-0.1, -0.05) is 87.4 Å². The molecule has 0 aromatic heterocycles. The molecule has 4 aromatic carbocycles. The number of aliphatic hydroxyl groups excluding tert-OH is 7. The maximum absolute atomic E-state index is 14.9. The van der Waals surface area contributed by atoms with Gasteiger partial charge < -0.3 is 101 Å². The second-order valence-electron chi connectivity index (χ2n) is 24.1. The zero-order valence-corrected chi connectivity index (χ0v) is 54.1. The Bertz CT molecular complexity index is 3130. The molecule has 6 unspecified atom stereocenters. The van der Waals surface area contributed by atoms with Crippen LogP contribution in [0.2, 0.25) is 0 Å². The van der Waals surface area contributed by atoms with Gasteiger partial charge in [0, 0.05) is 51.1 Å². The van der Waals surface area contributed by atoms with Crippen LogP contribution in [0.15, 0.2) is 97.1 Å². The second-order valence-corrected chi connectivity index (χ2v) is 24.1. The number of amides is 7. The van der Waals surface area contributed by atoms with Crippen molar-refractivity contribution in [3.05, 3.63) is 108 Å². The topological polar surface area (TPSA) is 406 Å². The number of phenolic OH excluding ortho intramolecular Hbond substituents is 1. The summed E-state index contributed by atoms with van der Waals surface area (Å²) in [6.45, 7) is 7.05. The Balaban J connectivity index is 1.21. The number of aromatic hydroxyl groups is 1. The SMILES string of the molecule is CCCCCOc1ccc(-c2ccc(-c3ccc(C(=O)N[C@@H]4C[C@@H](O)C(NCCOCCOCCOCCOC)NC(=O)C5[C@@H](O)[C@@H](C)CN5C(=O)C([C@@H](C)O)NC(=O)C([C@H](O)[C@@H](O)c5ccc(O)cc5)NC(=O)C5C[C@@H](O)CN5C(=O)C([C@@H](C)O)NC4=O)cc3)cc2)cc1. The molecule has 0 saturated carbocycles. The fourth-order valence-electron chi connectivity index (χ4n) is 11.4. The standard InChI is InChI=1S/C67H92N8O20/c1-6-7-8-26-95-49-23-19-44(20-24-49)42-11-9-41(10-12-42)43-13-15-46(16-14-43)61(84)69-50-35-52(80)60(68-25-27-92-30-31-94-33-32-93-29-28-91-5)73-65(88)56-57(81)38(2)36-75(56)67(90)54(40(4)77)71-64(87)55(59(83)58(82)45-17-21-47(78)22-18-45)72-63(86)51-34-48(79)37-74(51)66(89)53(39(3)76)70-62(50)85/h9-24,38-40,48,50-60,68,76-83H,6-8,25-37H2,1-5H3,(H,69,84)(H,70,85)(H,71,87)(H,72,86)(H,73,88)/t38-,39+,40+,48+,50+,51?,52+,53?,54?,55?,56?,57-,58-,59-,60?/m0/s1. The van der Waals surface area contributed by atoms with Crippen LogP contribution in [0, 0.1) is 5.92 Å². The van der Waals surface area contributed by atoms with Crippen molar-refractivity contribution in [2.24, 2.45) is 5.92 Å². The molecule has 3 saturated heterocycles. The van der Waals surface area contributed by atoms with Crippen LogP contribution in [0.1, 0.15) is 81.8 Å². The van der Waals surface area contributed by atoms with E-state index in [4.69, 9.17) is 23.7 Å². The number of fused-ring (bicyclic) bond motifs is 2. The predicted octanol–water partition coefficient (Wildman–Crippen LogP) is -0.634. The zero-order valence-electron chi connectivity index (χ0n) is 54.1. The number of rotatable bonds is 27. The quantitative estimate of drug-likeness (QED) is 0.0330. The summed E-state index contributed by atoms with van der Waals surface area (Å²) in [6.07, 6.45) is -12.5. The van der Waals surface area contributed by atoms with Crippen molar-refractivity contribution in [1.82, 2.24) is 41.7 Å². The maximum atomic E-state index is 14.9. The summed E-state index contributed by atoms with van der Waals surface area (Å²) in [6, 6.07) is 15.1. The van der Waals surface area contributed by atoms with Crippen molar-refractivity contribution in [1.29, 1.82) is 0 Å². The summed E-state index contributed by atoms with van der Waals surface area (Å²) in [4.78, 5) is 105. The molecule has 520 valence electrons. The van der Waals surface area contributed by atoms with Gasteiger partial charge in [-0.25, -0.2) is 0 Å². The van der Waals surface area contributed by atoms with Crippen molar-refractivity contribution in [2.45, 2.75) is 145 Å². The van der Waals surface area contributed by atoms with Gasteiger partial charge in [-0.15, -0.1) is 0 Å². The lowest BCUT2D eigenvalue weighted by Gasteiger charge is -2.34. The Morgan fingerprint density at radius 3 is 1.69 bits per heavy atom. The molecule has 14 N–H and O–H groups in total. The van der Waals surface area contributed by atoms with E-state index >= 15 is 0 Å². The number of hydrogen-bond acceptors (Lipinski definition) is 21. The number of methoxy groups -OCH3 is 1. The molecule has 28 nitrogen and oxygen atoms in total. The normalized spacial score (nSPS) is 25.4. The molecule has 0 bridgehead atoms. The zero-order chi connectivity index (χ0) is 68.9. The van der Waals surface area contributed by atoms with E-state index in [1.54, 1.807) is 19.2 Å². The molecule has 7 rings (SSSR count). The van der Waals surface area contributed by atoms with Crippen molar-refractivity contribution >= 4 is 41.4 Å². The van der Waals surface area contributed by atoms with Gasteiger partial charge in [0.05, 0.1) is 83.4 Å². The first-order valence-electron chi connectivity index (χ1n) is 32.1. The molecule has 3 heterocycles. The van der Waals surface area contributed by atoms with E-state index in [-0.39, 0.29) is 56.4 Å². The van der Waals surface area contributed by atoms with Gasteiger partial charge in [0.2, 0.25) is 35.4 Å². The highest BCUT2D eigenvalue weighted by Gasteiger charge is 2.50. The van der Waals surface area contributed by atoms with Crippen molar-refractivity contribution in [3.8, 4) is 33.8 Å². The van der Waals surface area contributed by atoms with E-state index in [1.165, 1.54) is 43.3 Å². The number of ether oxygens (including phenoxy) is 5. The monoisotopic (exact) mass is 1330 g/mol. The number of aliphatic hydroxyl groups is 7. The molecule has 95 heavy (non-hydrogen) atoms. The molecule has 4 aromatic rings. The average molecular weight is 1330 g/mol. The van der Waals surface area contributed by atoms with Gasteiger partial charge in [0.1, 0.15) is 66.1 Å². The molecule has 28 heteroatoms. The third-order valence-electron chi connectivity index (χ3n) is 16.9. The summed E-state index contributed by atoms with van der Waals surface area (Å²) < 4.78 is 27.5. The van der Waals surface area contributed by atoms with E-state index in [0.29, 0.717) is 26.4 Å². The van der Waals surface area contributed by atoms with E-state index < -0.39 is 152 Å². The molecule has 0 spiro atoms. The van der Waals surface area contributed by atoms with Crippen LogP contribution in [0.25, 0.3) is 22.3 Å². The largest absolute Gasteiger partial charge is 0.508 e. The second kappa shape index (κ2) is 36.4. The van der Waals surface area contributed by atoms with Gasteiger partial charge in [0.25, 0.3) is 5.91 Å². The third kappa shape index (κ3) is 20.7. The Labute approximate surface area is 551 Å². The number of nitrogens with zero attached hydrogens (tertiary/aromatic N) is 2. The first-order valence-corrected chi connectivity index (χ1v) is 32.1. The molecular weight excluding hydrogens is 1240 g/mol. The minimum absolute atomic E-state index is 0.0365. The first kappa shape index (κ1) is 74.7. The van der Waals surface area contributed by atoms with Crippen LogP contribution in [0.3, 0.4) is 0 Å². The Hall–Kier alpha value is -7.71. The average Bonchev–Trinajstić information content (AvgIpc) is 1.70. The number of hydrogen-bond donors (Lipinski definition) is 14. The maximum Gasteiger partial charge on any atom is 0.251 e. The number of carbonyl (C=O) groups excluding carboxylic acids is 7. The van der Waals surface area contributed by atoms with E-state index in [2.05, 4.69) is 38.8 Å². The van der Waals surface area contributed by atoms with Crippen LogP contribution in [-0.2, 0) is 47.7 Å². The number of phenols is 1.